The Morgan fingerprint density at radius 1 is 0.909 bits per heavy atom. The Bertz CT molecular complexity index is 1030. The number of amides is 2. The van der Waals surface area contributed by atoms with Crippen LogP contribution in [0.25, 0.3) is 5.57 Å². The molecule has 2 aromatic rings. The predicted molar refractivity (Wildman–Crippen MR) is 125 cm³/mol. The summed E-state index contributed by atoms with van der Waals surface area (Å²) in [5.74, 6) is 0.631. The number of morpholine rings is 1. The summed E-state index contributed by atoms with van der Waals surface area (Å²) in [5.41, 5.74) is 1.88. The quantitative estimate of drug-likeness (QED) is 0.587. The van der Waals surface area contributed by atoms with Gasteiger partial charge in [-0.25, -0.2) is 0 Å². The van der Waals surface area contributed by atoms with Crippen molar-refractivity contribution in [3.8, 4) is 11.5 Å². The van der Waals surface area contributed by atoms with E-state index in [2.05, 4.69) is 10.2 Å². The molecule has 1 N–H and O–H groups in total. The van der Waals surface area contributed by atoms with Crippen molar-refractivity contribution in [1.29, 1.82) is 0 Å². The van der Waals surface area contributed by atoms with E-state index in [-0.39, 0.29) is 17.5 Å². The zero-order valence-corrected chi connectivity index (χ0v) is 19.0. The van der Waals surface area contributed by atoms with Crippen molar-refractivity contribution >= 4 is 23.1 Å². The minimum absolute atomic E-state index is 0.251. The third-order valence-electron chi connectivity index (χ3n) is 5.87. The van der Waals surface area contributed by atoms with Gasteiger partial charge in [0.25, 0.3) is 11.8 Å². The number of nitrogens with zero attached hydrogens (tertiary/aromatic N) is 2. The van der Waals surface area contributed by atoms with Gasteiger partial charge in [0.15, 0.2) is 0 Å². The third kappa shape index (κ3) is 5.02. The lowest BCUT2D eigenvalue weighted by Gasteiger charge is -2.27. The average molecular weight is 452 g/mol. The first kappa shape index (κ1) is 22.8. The SMILES string of the molecule is COc1ccc(C2=C(Nc3ccccc3OC)C(=O)N(CCCN3CCOCC3)C2=O)cc1. The van der Waals surface area contributed by atoms with Gasteiger partial charge < -0.3 is 19.5 Å². The smallest absolute Gasteiger partial charge is 0.278 e. The largest absolute Gasteiger partial charge is 0.497 e. The molecule has 33 heavy (non-hydrogen) atoms. The van der Waals surface area contributed by atoms with Crippen LogP contribution in [-0.2, 0) is 14.3 Å². The summed E-state index contributed by atoms with van der Waals surface area (Å²) in [5, 5.41) is 3.17. The molecule has 2 aliphatic rings. The van der Waals surface area contributed by atoms with Crippen molar-refractivity contribution < 1.29 is 23.8 Å². The molecular formula is C25H29N3O5. The minimum Gasteiger partial charge on any atom is -0.497 e. The maximum Gasteiger partial charge on any atom is 0.278 e. The number of imide groups is 1. The molecule has 0 unspecified atom stereocenters. The van der Waals surface area contributed by atoms with Crippen LogP contribution in [0.5, 0.6) is 11.5 Å². The molecule has 4 rings (SSSR count). The number of carbonyl (C=O) groups is 2. The molecule has 1 saturated heterocycles. The van der Waals surface area contributed by atoms with Crippen LogP contribution < -0.4 is 14.8 Å². The van der Waals surface area contributed by atoms with Gasteiger partial charge in [-0.3, -0.25) is 19.4 Å². The first-order valence-electron chi connectivity index (χ1n) is 11.1. The lowest BCUT2D eigenvalue weighted by atomic mass is 10.0. The fourth-order valence-electron chi connectivity index (χ4n) is 4.08. The number of nitrogens with one attached hydrogen (secondary N) is 1. The van der Waals surface area contributed by atoms with Crippen LogP contribution in [0.4, 0.5) is 5.69 Å². The Morgan fingerprint density at radius 3 is 2.33 bits per heavy atom. The minimum atomic E-state index is -0.335. The normalized spacial score (nSPS) is 17.0. The Labute approximate surface area is 193 Å². The maximum absolute atomic E-state index is 13.4. The van der Waals surface area contributed by atoms with Crippen molar-refractivity contribution in [2.45, 2.75) is 6.42 Å². The fourth-order valence-corrected chi connectivity index (χ4v) is 4.08. The molecule has 0 saturated carbocycles. The molecule has 2 aromatic carbocycles. The van der Waals surface area contributed by atoms with Gasteiger partial charge in [-0.05, 0) is 36.2 Å². The first-order chi connectivity index (χ1) is 16.1. The Balaban J connectivity index is 1.59. The summed E-state index contributed by atoms with van der Waals surface area (Å²) in [6.45, 7) is 4.35. The van der Waals surface area contributed by atoms with Gasteiger partial charge in [0.2, 0.25) is 0 Å². The molecular weight excluding hydrogens is 422 g/mol. The van der Waals surface area contributed by atoms with Gasteiger partial charge in [-0.15, -0.1) is 0 Å². The maximum atomic E-state index is 13.4. The monoisotopic (exact) mass is 451 g/mol. The van der Waals surface area contributed by atoms with Crippen LogP contribution in [0.2, 0.25) is 0 Å². The number of methoxy groups -OCH3 is 2. The van der Waals surface area contributed by atoms with Crippen molar-refractivity contribution in [2.75, 3.05) is 58.9 Å². The van der Waals surface area contributed by atoms with Crippen LogP contribution >= 0.6 is 0 Å². The second kappa shape index (κ2) is 10.5. The number of ether oxygens (including phenoxy) is 3. The molecule has 174 valence electrons. The molecule has 0 atom stereocenters. The number of anilines is 1. The van der Waals surface area contributed by atoms with E-state index in [1.807, 2.05) is 18.2 Å². The topological polar surface area (TPSA) is 80.3 Å². The molecule has 0 spiro atoms. The molecule has 2 aliphatic heterocycles. The number of benzene rings is 2. The van der Waals surface area contributed by atoms with E-state index in [0.717, 1.165) is 32.8 Å². The number of hydrogen-bond donors (Lipinski definition) is 1. The zero-order valence-electron chi connectivity index (χ0n) is 19.0. The van der Waals surface area contributed by atoms with E-state index in [4.69, 9.17) is 14.2 Å². The number of rotatable bonds is 9. The number of hydrogen-bond acceptors (Lipinski definition) is 7. The van der Waals surface area contributed by atoms with E-state index < -0.39 is 0 Å². The highest BCUT2D eigenvalue weighted by Crippen LogP contribution is 2.33. The molecule has 8 heteroatoms. The van der Waals surface area contributed by atoms with Crippen molar-refractivity contribution in [3.05, 3.63) is 59.8 Å². The van der Waals surface area contributed by atoms with Gasteiger partial charge in [0, 0.05) is 26.2 Å². The molecule has 8 nitrogen and oxygen atoms in total. The summed E-state index contributed by atoms with van der Waals surface area (Å²) >= 11 is 0. The van der Waals surface area contributed by atoms with Gasteiger partial charge in [-0.2, -0.15) is 0 Å². The molecule has 0 radical (unpaired) electrons. The van der Waals surface area contributed by atoms with Crippen LogP contribution in [0.1, 0.15) is 12.0 Å². The highest BCUT2D eigenvalue weighted by atomic mass is 16.5. The van der Waals surface area contributed by atoms with Gasteiger partial charge in [0.1, 0.15) is 17.2 Å². The third-order valence-corrected chi connectivity index (χ3v) is 5.87. The van der Waals surface area contributed by atoms with Crippen LogP contribution in [0, 0.1) is 0 Å². The Hall–Kier alpha value is -3.36. The second-order valence-corrected chi connectivity index (χ2v) is 7.87. The molecule has 0 aliphatic carbocycles. The predicted octanol–water partition coefficient (Wildman–Crippen LogP) is 2.62. The lowest BCUT2D eigenvalue weighted by molar-refractivity contribution is -0.136. The van der Waals surface area contributed by atoms with E-state index in [0.29, 0.717) is 41.3 Å². The number of carbonyl (C=O) groups excluding carboxylic acids is 2. The van der Waals surface area contributed by atoms with Gasteiger partial charge >= 0.3 is 0 Å². The van der Waals surface area contributed by atoms with Crippen molar-refractivity contribution in [2.24, 2.45) is 0 Å². The standard InChI is InChI=1S/C25H29N3O5/c1-31-19-10-8-18(9-11-19)22-23(26-20-6-3-4-7-21(20)32-2)25(30)28(24(22)29)13-5-12-27-14-16-33-17-15-27/h3-4,6-11,26H,5,12-17H2,1-2H3. The molecule has 0 bridgehead atoms. The molecule has 2 heterocycles. The second-order valence-electron chi connectivity index (χ2n) is 7.87. The van der Waals surface area contributed by atoms with E-state index in [1.165, 1.54) is 4.90 Å². The van der Waals surface area contributed by atoms with Crippen molar-refractivity contribution in [1.82, 2.24) is 9.80 Å². The van der Waals surface area contributed by atoms with Crippen LogP contribution in [0.15, 0.2) is 54.2 Å². The summed E-state index contributed by atoms with van der Waals surface area (Å²) in [6, 6.07) is 14.5. The fraction of sp³-hybridized carbons (Fsp3) is 0.360. The Morgan fingerprint density at radius 2 is 1.64 bits per heavy atom. The number of para-hydroxylation sites is 2. The van der Waals surface area contributed by atoms with E-state index >= 15 is 0 Å². The van der Waals surface area contributed by atoms with Gasteiger partial charge in [-0.1, -0.05) is 24.3 Å². The zero-order chi connectivity index (χ0) is 23.2. The summed E-state index contributed by atoms with van der Waals surface area (Å²) in [4.78, 5) is 30.4. The highest BCUT2D eigenvalue weighted by Gasteiger charge is 2.39. The van der Waals surface area contributed by atoms with Crippen LogP contribution in [-0.4, -0.2) is 75.2 Å². The molecule has 1 fully saturated rings. The summed E-state index contributed by atoms with van der Waals surface area (Å²) in [6.07, 6.45) is 0.704. The lowest BCUT2D eigenvalue weighted by Crippen LogP contribution is -2.39. The van der Waals surface area contributed by atoms with Crippen molar-refractivity contribution in [3.63, 3.8) is 0 Å². The molecule has 2 amide bonds. The van der Waals surface area contributed by atoms with E-state index in [9.17, 15) is 9.59 Å². The average Bonchev–Trinajstić information content (AvgIpc) is 3.09. The highest BCUT2D eigenvalue weighted by molar-refractivity contribution is 6.36. The molecule has 0 aromatic heterocycles. The summed E-state index contributed by atoms with van der Waals surface area (Å²) in [7, 11) is 3.15. The van der Waals surface area contributed by atoms with E-state index in [1.54, 1.807) is 44.6 Å². The van der Waals surface area contributed by atoms with Crippen LogP contribution in [0.3, 0.4) is 0 Å². The Kier molecular flexibility index (Phi) is 7.26. The first-order valence-corrected chi connectivity index (χ1v) is 11.1. The van der Waals surface area contributed by atoms with Gasteiger partial charge in [0.05, 0.1) is 38.7 Å². The summed E-state index contributed by atoms with van der Waals surface area (Å²) < 4.78 is 16.0.